The summed E-state index contributed by atoms with van der Waals surface area (Å²) in [7, 11) is -16.7. The van der Waals surface area contributed by atoms with Gasteiger partial charge in [-0.1, -0.05) is 0 Å². The second-order valence-corrected chi connectivity index (χ2v) is 11.3. The Kier molecular flexibility index (Phi) is 7.23. The van der Waals surface area contributed by atoms with E-state index >= 15 is 0 Å². The van der Waals surface area contributed by atoms with Crippen molar-refractivity contribution in [1.82, 2.24) is 14.5 Å². The fourth-order valence-corrected chi connectivity index (χ4v) is 6.29. The van der Waals surface area contributed by atoms with Gasteiger partial charge in [0.2, 0.25) is 0 Å². The largest absolute Gasteiger partial charge is 0.498 e. The summed E-state index contributed by atoms with van der Waals surface area (Å²) < 4.78 is 53.1. The molecule has 0 aromatic carbocycles. The van der Waals surface area contributed by atoms with E-state index in [4.69, 9.17) is 20.3 Å². The first-order valence-electron chi connectivity index (χ1n) is 8.66. The average Bonchev–Trinajstić information content (AvgIpc) is 3.16. The zero-order chi connectivity index (χ0) is 24.8. The fourth-order valence-electron chi connectivity index (χ4n) is 3.10. The number of phosphoric acid groups is 2. The van der Waals surface area contributed by atoms with Gasteiger partial charge in [-0.05, 0) is 12.5 Å². The molecule has 33 heavy (non-hydrogen) atoms. The molecule has 184 valence electrons. The first kappa shape index (κ1) is 26.0. The number of nitroso groups, excluding NO2 is 1. The van der Waals surface area contributed by atoms with E-state index in [9.17, 15) is 33.7 Å². The van der Waals surface area contributed by atoms with E-state index in [-0.39, 0.29) is 11.5 Å². The van der Waals surface area contributed by atoms with Gasteiger partial charge in [0.25, 0.3) is 0 Å². The third kappa shape index (κ3) is 5.71. The van der Waals surface area contributed by atoms with Crippen LogP contribution in [0.3, 0.4) is 0 Å². The van der Waals surface area contributed by atoms with Crippen molar-refractivity contribution in [1.29, 1.82) is 0 Å². The number of aryl methyl sites for hydroxylation is 1. The SMILES string of the molecule is Cc1cn(C2OC(COP(=O)(N=O)OP(=O)(O)OP(=O)(O)O)C(O)C2O)c2ncnc(N)c12. The van der Waals surface area contributed by atoms with Crippen LogP contribution < -0.4 is 5.73 Å². The number of hydrogen-bond donors (Lipinski definition) is 6. The second-order valence-electron chi connectivity index (χ2n) is 6.69. The topological polar surface area (TPSA) is 275 Å². The molecule has 1 aliphatic heterocycles. The van der Waals surface area contributed by atoms with E-state index in [0.717, 1.165) is 0 Å². The third-order valence-corrected chi connectivity index (χ3v) is 8.36. The highest BCUT2D eigenvalue weighted by Crippen LogP contribution is 2.68. The zero-order valence-corrected chi connectivity index (χ0v) is 19.1. The molecule has 6 atom stereocenters. The van der Waals surface area contributed by atoms with Crippen molar-refractivity contribution in [3.63, 3.8) is 0 Å². The fraction of sp³-hybridized carbons (Fsp3) is 0.500. The van der Waals surface area contributed by atoms with Crippen LogP contribution in [0.4, 0.5) is 5.82 Å². The Morgan fingerprint density at radius 3 is 2.45 bits per heavy atom. The molecule has 0 bridgehead atoms. The molecule has 0 radical (unpaired) electrons. The van der Waals surface area contributed by atoms with Crippen LogP contribution in [0.15, 0.2) is 17.5 Å². The van der Waals surface area contributed by atoms with Gasteiger partial charge in [-0.3, -0.25) is 4.52 Å². The summed E-state index contributed by atoms with van der Waals surface area (Å²) in [6, 6.07) is 0. The minimum atomic E-state index is -5.76. The van der Waals surface area contributed by atoms with Crippen LogP contribution in [-0.4, -0.2) is 64.3 Å². The van der Waals surface area contributed by atoms with Gasteiger partial charge < -0.3 is 39.9 Å². The van der Waals surface area contributed by atoms with Crippen LogP contribution in [0, 0.1) is 11.8 Å². The van der Waals surface area contributed by atoms with E-state index in [1.165, 1.54) is 17.1 Å². The molecule has 0 aliphatic carbocycles. The van der Waals surface area contributed by atoms with Crippen molar-refractivity contribution < 1.29 is 56.5 Å². The molecule has 1 aliphatic rings. The van der Waals surface area contributed by atoms with Crippen molar-refractivity contribution in [3.05, 3.63) is 23.0 Å². The van der Waals surface area contributed by atoms with Crippen molar-refractivity contribution in [2.45, 2.75) is 31.5 Å². The van der Waals surface area contributed by atoms with Gasteiger partial charge in [0.05, 0.1) is 12.0 Å². The molecule has 2 aromatic rings. The Morgan fingerprint density at radius 1 is 1.18 bits per heavy atom. The maximum Gasteiger partial charge on any atom is 0.498 e. The highest BCUT2D eigenvalue weighted by atomic mass is 31.3. The zero-order valence-electron chi connectivity index (χ0n) is 16.4. The highest BCUT2D eigenvalue weighted by Gasteiger charge is 2.47. The van der Waals surface area contributed by atoms with Crippen molar-refractivity contribution >= 4 is 40.2 Å². The molecule has 7 N–H and O–H groups in total. The molecule has 1 saturated heterocycles. The molecule has 18 nitrogen and oxygen atoms in total. The maximum atomic E-state index is 12.2. The summed E-state index contributed by atoms with van der Waals surface area (Å²) in [5, 5.41) is 21.2. The van der Waals surface area contributed by atoms with Crippen molar-refractivity contribution in [2.24, 2.45) is 4.95 Å². The lowest BCUT2D eigenvalue weighted by molar-refractivity contribution is -0.0482. The minimum absolute atomic E-state index is 0.158. The summed E-state index contributed by atoms with van der Waals surface area (Å²) in [6.45, 7) is 0.718. The number of aliphatic hydroxyl groups is 2. The van der Waals surface area contributed by atoms with Crippen molar-refractivity contribution in [2.75, 3.05) is 12.3 Å². The van der Waals surface area contributed by atoms with E-state index in [2.05, 4.69) is 23.1 Å². The van der Waals surface area contributed by atoms with Crippen molar-refractivity contribution in [3.8, 4) is 0 Å². The number of anilines is 1. The number of ether oxygens (including phenoxy) is 1. The number of hydrogen-bond acceptors (Lipinski definition) is 13. The summed E-state index contributed by atoms with van der Waals surface area (Å²) in [4.78, 5) is 47.1. The summed E-state index contributed by atoms with van der Waals surface area (Å²) in [5.74, 6) is 0.158. The first-order valence-corrected chi connectivity index (χ1v) is 13.2. The highest BCUT2D eigenvalue weighted by molar-refractivity contribution is 7.68. The number of rotatable bonds is 9. The Hall–Kier alpha value is -1.65. The Morgan fingerprint density at radius 2 is 1.85 bits per heavy atom. The molecular formula is C12H18N5O13P3. The Balaban J connectivity index is 1.76. The van der Waals surface area contributed by atoms with Gasteiger partial charge in [0, 0.05) is 11.1 Å². The summed E-state index contributed by atoms with van der Waals surface area (Å²) in [5.41, 5.74) is 6.72. The van der Waals surface area contributed by atoms with Crippen LogP contribution in [0.25, 0.3) is 11.0 Å². The lowest BCUT2D eigenvalue weighted by Gasteiger charge is -2.18. The van der Waals surface area contributed by atoms with Crippen LogP contribution in [-0.2, 0) is 31.6 Å². The molecule has 3 heterocycles. The van der Waals surface area contributed by atoms with Gasteiger partial charge in [-0.25, -0.2) is 23.7 Å². The molecule has 0 spiro atoms. The summed E-state index contributed by atoms with van der Waals surface area (Å²) >= 11 is 0. The quantitative estimate of drug-likeness (QED) is 0.183. The van der Waals surface area contributed by atoms with Crippen LogP contribution >= 0.6 is 23.4 Å². The van der Waals surface area contributed by atoms with Crippen LogP contribution in [0.2, 0.25) is 0 Å². The Labute approximate surface area is 183 Å². The van der Waals surface area contributed by atoms with Gasteiger partial charge >= 0.3 is 23.4 Å². The van der Waals surface area contributed by atoms with E-state index in [1.807, 2.05) is 4.95 Å². The van der Waals surface area contributed by atoms with Gasteiger partial charge in [-0.2, -0.15) is 8.62 Å². The second kappa shape index (κ2) is 9.19. The normalized spacial score (nSPS) is 27.3. The molecule has 6 unspecified atom stereocenters. The van der Waals surface area contributed by atoms with E-state index in [1.54, 1.807) is 6.92 Å². The molecule has 2 aromatic heterocycles. The van der Waals surface area contributed by atoms with E-state index in [0.29, 0.717) is 10.9 Å². The number of fused-ring (bicyclic) bond motifs is 1. The minimum Gasteiger partial charge on any atom is -0.387 e. The maximum absolute atomic E-state index is 12.2. The predicted octanol–water partition coefficient (Wildman–Crippen LogP) is 0.0585. The molecule has 0 saturated carbocycles. The van der Waals surface area contributed by atoms with Crippen LogP contribution in [0.5, 0.6) is 0 Å². The first-order chi connectivity index (χ1) is 15.2. The average molecular weight is 533 g/mol. The lowest BCUT2D eigenvalue weighted by Crippen LogP contribution is -2.33. The molecule has 21 heteroatoms. The predicted molar refractivity (Wildman–Crippen MR) is 106 cm³/mol. The molecule has 3 rings (SSSR count). The summed E-state index contributed by atoms with van der Waals surface area (Å²) in [6.07, 6.45) is -3.31. The molecular weight excluding hydrogens is 515 g/mol. The standard InChI is InChI=1S/C12H18N5O13P3/c1-5-2-17(11-7(5)10(13)14-4-15-11)12-9(19)8(18)6(28-12)3-27-31(21,16-20)29-33(25,26)30-32(22,23)24/h2,4,6,8-9,12,18-19H,3H2,1H3,(H,25,26)(H2,13,14,15)(H2,22,23,24). The molecule has 1 fully saturated rings. The lowest BCUT2D eigenvalue weighted by atomic mass is 10.1. The number of aliphatic hydroxyl groups excluding tert-OH is 2. The van der Waals surface area contributed by atoms with E-state index < -0.39 is 54.5 Å². The number of nitrogen functional groups attached to an aromatic ring is 1. The van der Waals surface area contributed by atoms with Gasteiger partial charge in [0.15, 0.2) is 6.23 Å². The van der Waals surface area contributed by atoms with Gasteiger partial charge in [-0.15, -0.1) is 4.91 Å². The monoisotopic (exact) mass is 533 g/mol. The molecule has 0 amide bonds. The number of nitrogens with two attached hydrogens (primary N) is 1. The number of aromatic nitrogens is 3. The Bertz CT molecular complexity index is 1200. The number of nitrogens with zero attached hydrogens (tertiary/aromatic N) is 4. The van der Waals surface area contributed by atoms with Gasteiger partial charge in [0.1, 0.15) is 36.1 Å². The smallest absolute Gasteiger partial charge is 0.387 e. The van der Waals surface area contributed by atoms with Crippen LogP contribution in [0.1, 0.15) is 11.8 Å². The third-order valence-electron chi connectivity index (χ3n) is 4.36.